The summed E-state index contributed by atoms with van der Waals surface area (Å²) in [5.41, 5.74) is 2.34. The molecule has 0 bridgehead atoms. The van der Waals surface area contributed by atoms with Gasteiger partial charge in [-0.3, -0.25) is 5.43 Å². The van der Waals surface area contributed by atoms with Crippen LogP contribution in [0.5, 0.6) is 0 Å². The van der Waals surface area contributed by atoms with Crippen LogP contribution < -0.4 is 5.43 Å². The molecule has 24 heavy (non-hydrogen) atoms. The lowest BCUT2D eigenvalue weighted by molar-refractivity contribution is 0.411. The van der Waals surface area contributed by atoms with E-state index in [0.717, 1.165) is 5.69 Å². The highest BCUT2D eigenvalue weighted by molar-refractivity contribution is 5.80. The molecule has 0 aliphatic rings. The highest BCUT2D eigenvalue weighted by Gasteiger charge is 2.20. The summed E-state index contributed by atoms with van der Waals surface area (Å²) in [6.07, 6.45) is 6.27. The van der Waals surface area contributed by atoms with Gasteiger partial charge in [-0.15, -0.1) is 0 Å². The number of benzene rings is 1. The normalized spacial score (nSPS) is 11.2. The number of rotatable bonds is 4. The summed E-state index contributed by atoms with van der Waals surface area (Å²) < 4.78 is 54.5. The first-order valence-corrected chi connectivity index (χ1v) is 6.63. The molecule has 0 amide bonds. The maximum Gasteiger partial charge on any atom is 0.254 e. The highest BCUT2D eigenvalue weighted by Crippen LogP contribution is 2.21. The van der Waals surface area contributed by atoms with Gasteiger partial charge in [0.2, 0.25) is 11.6 Å². The molecule has 1 N–H and O–H groups in total. The lowest BCUT2D eigenvalue weighted by Gasteiger charge is -2.05. The van der Waals surface area contributed by atoms with E-state index in [1.54, 1.807) is 47.6 Å². The number of pyridine rings is 1. The molecule has 0 spiro atoms. The Morgan fingerprint density at radius 1 is 1.00 bits per heavy atom. The minimum absolute atomic E-state index is 0.599. The fourth-order valence-electron chi connectivity index (χ4n) is 1.90. The van der Waals surface area contributed by atoms with E-state index >= 15 is 0 Å². The van der Waals surface area contributed by atoms with Crippen molar-refractivity contribution in [1.29, 1.82) is 0 Å². The molecule has 0 saturated carbocycles. The van der Waals surface area contributed by atoms with Gasteiger partial charge in [0.15, 0.2) is 0 Å². The molecule has 2 heterocycles. The molecule has 1 aromatic carbocycles. The van der Waals surface area contributed by atoms with Crippen molar-refractivity contribution in [2.24, 2.45) is 5.10 Å². The average Bonchev–Trinajstić information content (AvgIpc) is 3.11. The summed E-state index contributed by atoms with van der Waals surface area (Å²) >= 11 is 0. The molecule has 0 aliphatic heterocycles. The summed E-state index contributed by atoms with van der Waals surface area (Å²) in [6, 6.07) is 6.94. The zero-order valence-electron chi connectivity index (χ0n) is 11.9. The largest absolute Gasteiger partial charge is 0.306 e. The van der Waals surface area contributed by atoms with Crippen molar-refractivity contribution in [1.82, 2.24) is 14.5 Å². The number of nitrogens with zero attached hydrogens (tertiary/aromatic N) is 4. The second-order valence-corrected chi connectivity index (χ2v) is 4.63. The maximum absolute atomic E-state index is 13.4. The van der Waals surface area contributed by atoms with Crippen LogP contribution in [0.1, 0.15) is 5.56 Å². The molecule has 2 aromatic heterocycles. The molecule has 5 nitrogen and oxygen atoms in total. The van der Waals surface area contributed by atoms with E-state index in [-0.39, 0.29) is 0 Å². The predicted molar refractivity (Wildman–Crippen MR) is 78.8 cm³/mol. The minimum atomic E-state index is -1.75. The van der Waals surface area contributed by atoms with Gasteiger partial charge in [0.05, 0.1) is 12.5 Å². The Bertz CT molecular complexity index is 850. The van der Waals surface area contributed by atoms with Crippen LogP contribution in [0.15, 0.2) is 48.1 Å². The molecule has 122 valence electrons. The van der Waals surface area contributed by atoms with Crippen LogP contribution in [-0.4, -0.2) is 20.7 Å². The van der Waals surface area contributed by atoms with Gasteiger partial charge in [-0.2, -0.15) is 27.6 Å². The lowest BCUT2D eigenvalue weighted by Crippen LogP contribution is -2.05. The van der Waals surface area contributed by atoms with E-state index in [0.29, 0.717) is 5.56 Å². The van der Waals surface area contributed by atoms with Crippen molar-refractivity contribution >= 4 is 11.9 Å². The number of hydrazone groups is 1. The van der Waals surface area contributed by atoms with Gasteiger partial charge < -0.3 is 4.57 Å². The molecular weight excluding hydrogens is 326 g/mol. The first-order valence-electron chi connectivity index (χ1n) is 6.63. The van der Waals surface area contributed by atoms with E-state index in [2.05, 4.69) is 15.1 Å². The third-order valence-electron chi connectivity index (χ3n) is 3.08. The smallest absolute Gasteiger partial charge is 0.254 e. The molecule has 3 aromatic rings. The second kappa shape index (κ2) is 6.49. The van der Waals surface area contributed by atoms with Crippen LogP contribution in [0.4, 0.5) is 23.2 Å². The zero-order chi connectivity index (χ0) is 17.1. The van der Waals surface area contributed by atoms with Crippen molar-refractivity contribution in [2.75, 3.05) is 5.43 Å². The Hall–Kier alpha value is -3.23. The fourth-order valence-corrected chi connectivity index (χ4v) is 1.90. The number of aromatic nitrogens is 3. The molecule has 0 unspecified atom stereocenters. The Balaban J connectivity index is 1.76. The molecule has 0 aliphatic carbocycles. The van der Waals surface area contributed by atoms with E-state index in [1.807, 2.05) is 5.43 Å². The molecule has 0 atom stereocenters. The molecule has 0 radical (unpaired) electrons. The fraction of sp³-hybridized carbons (Fsp3) is 0. The maximum atomic E-state index is 13.4. The van der Waals surface area contributed by atoms with Gasteiger partial charge in [-0.1, -0.05) is 12.1 Å². The van der Waals surface area contributed by atoms with Crippen LogP contribution in [0.2, 0.25) is 0 Å². The van der Waals surface area contributed by atoms with Crippen molar-refractivity contribution in [2.45, 2.75) is 0 Å². The van der Waals surface area contributed by atoms with Crippen LogP contribution >= 0.6 is 0 Å². The van der Waals surface area contributed by atoms with E-state index in [9.17, 15) is 17.6 Å². The average molecular weight is 335 g/mol. The molecular formula is C15H9F4N5. The van der Waals surface area contributed by atoms with E-state index in [4.69, 9.17) is 0 Å². The molecule has 9 heteroatoms. The lowest BCUT2D eigenvalue weighted by atomic mass is 10.2. The van der Waals surface area contributed by atoms with Gasteiger partial charge >= 0.3 is 0 Å². The number of nitrogens with one attached hydrogen (secondary N) is 1. The highest BCUT2D eigenvalue weighted by atomic mass is 19.2. The minimum Gasteiger partial charge on any atom is -0.306 e. The van der Waals surface area contributed by atoms with Gasteiger partial charge in [-0.05, 0) is 17.7 Å². The van der Waals surface area contributed by atoms with Crippen molar-refractivity contribution in [3.8, 4) is 5.69 Å². The monoisotopic (exact) mass is 335 g/mol. The van der Waals surface area contributed by atoms with Crippen LogP contribution in [-0.2, 0) is 0 Å². The number of imidazole rings is 1. The van der Waals surface area contributed by atoms with E-state index < -0.39 is 29.2 Å². The Kier molecular flexibility index (Phi) is 4.23. The topological polar surface area (TPSA) is 55.1 Å². The van der Waals surface area contributed by atoms with Crippen molar-refractivity contribution in [3.63, 3.8) is 0 Å². The van der Waals surface area contributed by atoms with Crippen LogP contribution in [0, 0.1) is 23.5 Å². The Morgan fingerprint density at radius 2 is 1.67 bits per heavy atom. The van der Waals surface area contributed by atoms with Crippen LogP contribution in [0.3, 0.4) is 0 Å². The van der Waals surface area contributed by atoms with Gasteiger partial charge in [0.1, 0.15) is 5.69 Å². The summed E-state index contributed by atoms with van der Waals surface area (Å²) in [7, 11) is 0. The second-order valence-electron chi connectivity index (χ2n) is 4.63. The third-order valence-corrected chi connectivity index (χ3v) is 3.08. The first-order chi connectivity index (χ1) is 11.6. The SMILES string of the molecule is Fc1nc(F)c(F)c(N/N=C/c2ccc(-n3ccnc3)cc2)c1F. The van der Waals surface area contributed by atoms with Gasteiger partial charge in [0, 0.05) is 18.1 Å². The van der Waals surface area contributed by atoms with E-state index in [1.165, 1.54) is 6.21 Å². The van der Waals surface area contributed by atoms with Gasteiger partial charge in [-0.25, -0.2) is 4.98 Å². The quantitative estimate of drug-likeness (QED) is 0.345. The number of anilines is 1. The van der Waals surface area contributed by atoms with Crippen LogP contribution in [0.25, 0.3) is 5.69 Å². The summed E-state index contributed by atoms with van der Waals surface area (Å²) in [6.45, 7) is 0. The Morgan fingerprint density at radius 3 is 2.25 bits per heavy atom. The molecule has 0 saturated heterocycles. The zero-order valence-corrected chi connectivity index (χ0v) is 11.9. The standard InChI is InChI=1S/C15H9F4N5/c16-11-13(12(17)15(19)22-14(11)18)23-21-7-9-1-3-10(4-2-9)24-6-5-20-8-24/h1-8H,(H,22,23)/b21-7+. The number of hydrogen-bond donors (Lipinski definition) is 1. The summed E-state index contributed by atoms with van der Waals surface area (Å²) in [5.74, 6) is -6.81. The predicted octanol–water partition coefficient (Wildman–Crippen LogP) is 3.27. The summed E-state index contributed by atoms with van der Waals surface area (Å²) in [5, 5.41) is 3.57. The molecule has 0 fully saturated rings. The van der Waals surface area contributed by atoms with Crippen molar-refractivity contribution in [3.05, 3.63) is 72.1 Å². The third kappa shape index (κ3) is 3.09. The van der Waals surface area contributed by atoms with Gasteiger partial charge in [0.25, 0.3) is 11.9 Å². The number of hydrogen-bond acceptors (Lipinski definition) is 4. The summed E-state index contributed by atoms with van der Waals surface area (Å²) in [4.78, 5) is 6.38. The first kappa shape index (κ1) is 15.7. The Labute approximate surface area is 133 Å². The number of halogens is 4. The van der Waals surface area contributed by atoms with Crippen molar-refractivity contribution < 1.29 is 17.6 Å². The molecule has 3 rings (SSSR count).